The lowest BCUT2D eigenvalue weighted by Gasteiger charge is -2.31. The predicted octanol–water partition coefficient (Wildman–Crippen LogP) is 0.362. The smallest absolute Gasteiger partial charge is 0.275 e. The van der Waals surface area contributed by atoms with E-state index >= 15 is 0 Å². The van der Waals surface area contributed by atoms with Crippen LogP contribution in [0.15, 0.2) is 36.4 Å². The second-order valence-corrected chi connectivity index (χ2v) is 7.44. The number of piperazine rings is 1. The van der Waals surface area contributed by atoms with Gasteiger partial charge in [0.1, 0.15) is 5.75 Å². The maximum absolute atomic E-state index is 12.6. The average Bonchev–Trinajstić information content (AvgIpc) is 2.74. The van der Waals surface area contributed by atoms with Crippen LogP contribution in [0.4, 0.5) is 0 Å². The zero-order valence-electron chi connectivity index (χ0n) is 16.6. The van der Waals surface area contributed by atoms with Crippen molar-refractivity contribution in [1.82, 2.24) is 10.2 Å². The van der Waals surface area contributed by atoms with Gasteiger partial charge in [0.05, 0.1) is 32.8 Å². The first-order valence-electron chi connectivity index (χ1n) is 9.75. The zero-order chi connectivity index (χ0) is 20.6. The summed E-state index contributed by atoms with van der Waals surface area (Å²) in [6.45, 7) is 4.14. The molecule has 1 aliphatic rings. The first kappa shape index (κ1) is 21.4. The van der Waals surface area contributed by atoms with E-state index in [1.54, 1.807) is 24.1 Å². The summed E-state index contributed by atoms with van der Waals surface area (Å²) in [7, 11) is 1.60. The Hall–Kier alpha value is -2.35. The first-order valence-corrected chi connectivity index (χ1v) is 10.1. The van der Waals surface area contributed by atoms with E-state index in [4.69, 9.17) is 21.1 Å². The number of nitrogens with zero attached hydrogens (tertiary/aromatic N) is 1. The Kier molecular flexibility index (Phi) is 7.69. The van der Waals surface area contributed by atoms with Gasteiger partial charge >= 0.3 is 0 Å². The van der Waals surface area contributed by atoms with Gasteiger partial charge in [-0.25, -0.2) is 0 Å². The summed E-state index contributed by atoms with van der Waals surface area (Å²) >= 11 is 6.23. The molecule has 0 aromatic heterocycles. The van der Waals surface area contributed by atoms with Gasteiger partial charge < -0.3 is 24.6 Å². The molecule has 2 amide bonds. The van der Waals surface area contributed by atoms with Crippen LogP contribution in [0.3, 0.4) is 0 Å². The molecule has 0 saturated carbocycles. The zero-order valence-corrected chi connectivity index (χ0v) is 17.3. The third-order valence-electron chi connectivity index (χ3n) is 5.04. The van der Waals surface area contributed by atoms with Crippen LogP contribution in [-0.2, 0) is 14.3 Å². The Balaban J connectivity index is 1.46. The molecule has 1 fully saturated rings. The number of carbonyl (C=O) groups is 2. The number of nitrogens with one attached hydrogen (secondary N) is 2. The van der Waals surface area contributed by atoms with E-state index in [0.717, 1.165) is 23.9 Å². The predicted molar refractivity (Wildman–Crippen MR) is 111 cm³/mol. The minimum atomic E-state index is -0.0485. The van der Waals surface area contributed by atoms with Crippen molar-refractivity contribution in [2.75, 3.05) is 59.6 Å². The van der Waals surface area contributed by atoms with Gasteiger partial charge in [-0.15, -0.1) is 0 Å². The molecule has 1 saturated heterocycles. The summed E-state index contributed by atoms with van der Waals surface area (Å²) in [5.41, 5.74) is 0. The number of ether oxygens (including phenoxy) is 2. The van der Waals surface area contributed by atoms with Crippen LogP contribution < -0.4 is 15.0 Å². The number of halogens is 1. The van der Waals surface area contributed by atoms with E-state index in [1.807, 2.05) is 24.3 Å². The van der Waals surface area contributed by atoms with Crippen LogP contribution in [0.1, 0.15) is 0 Å². The SMILES string of the molecule is COCCNC(=O)C[NH+]1CCN(C(=O)COc2ccc(Cl)c3ccccc23)CC1. The van der Waals surface area contributed by atoms with E-state index in [1.165, 1.54) is 4.90 Å². The van der Waals surface area contributed by atoms with Gasteiger partial charge in [0, 0.05) is 29.4 Å². The highest BCUT2D eigenvalue weighted by atomic mass is 35.5. The quantitative estimate of drug-likeness (QED) is 0.605. The van der Waals surface area contributed by atoms with Gasteiger partial charge in [-0.2, -0.15) is 0 Å². The highest BCUT2D eigenvalue weighted by Crippen LogP contribution is 2.31. The molecular weight excluding hydrogens is 394 g/mol. The topological polar surface area (TPSA) is 72.3 Å². The molecule has 0 aliphatic carbocycles. The molecule has 2 aromatic carbocycles. The summed E-state index contributed by atoms with van der Waals surface area (Å²) in [6.07, 6.45) is 0. The van der Waals surface area contributed by atoms with Gasteiger partial charge in [0.2, 0.25) is 0 Å². The van der Waals surface area contributed by atoms with Crippen molar-refractivity contribution < 1.29 is 24.0 Å². The molecule has 7 nitrogen and oxygen atoms in total. The lowest BCUT2D eigenvalue weighted by atomic mass is 10.1. The second kappa shape index (κ2) is 10.4. The molecular formula is C21H27ClN3O4+. The number of fused-ring (bicyclic) bond motifs is 1. The van der Waals surface area contributed by atoms with E-state index in [9.17, 15) is 9.59 Å². The van der Waals surface area contributed by atoms with Gasteiger partial charge in [0.15, 0.2) is 13.2 Å². The number of hydrogen-bond donors (Lipinski definition) is 2. The van der Waals surface area contributed by atoms with E-state index < -0.39 is 0 Å². The Morgan fingerprint density at radius 1 is 1.14 bits per heavy atom. The fourth-order valence-electron chi connectivity index (χ4n) is 3.42. The summed E-state index contributed by atoms with van der Waals surface area (Å²) < 4.78 is 10.7. The van der Waals surface area contributed by atoms with E-state index in [0.29, 0.717) is 43.6 Å². The summed E-state index contributed by atoms with van der Waals surface area (Å²) in [5, 5.41) is 5.28. The van der Waals surface area contributed by atoms with Crippen LogP contribution >= 0.6 is 11.6 Å². The third kappa shape index (κ3) is 5.82. The number of rotatable bonds is 8. The van der Waals surface area contributed by atoms with E-state index in [-0.39, 0.29) is 18.4 Å². The van der Waals surface area contributed by atoms with Crippen molar-refractivity contribution in [3.63, 3.8) is 0 Å². The maximum atomic E-state index is 12.6. The molecule has 0 unspecified atom stereocenters. The first-order chi connectivity index (χ1) is 14.1. The molecule has 3 rings (SSSR count). The lowest BCUT2D eigenvalue weighted by molar-refractivity contribution is -0.896. The van der Waals surface area contributed by atoms with Crippen molar-refractivity contribution in [1.29, 1.82) is 0 Å². The number of quaternary nitrogens is 1. The third-order valence-corrected chi connectivity index (χ3v) is 5.37. The molecule has 0 radical (unpaired) electrons. The fourth-order valence-corrected chi connectivity index (χ4v) is 3.65. The molecule has 8 heteroatoms. The number of methoxy groups -OCH3 is 1. The maximum Gasteiger partial charge on any atom is 0.275 e. The van der Waals surface area contributed by atoms with Crippen LogP contribution in [0.5, 0.6) is 5.75 Å². The molecule has 29 heavy (non-hydrogen) atoms. The lowest BCUT2D eigenvalue weighted by Crippen LogP contribution is -3.15. The highest BCUT2D eigenvalue weighted by Gasteiger charge is 2.25. The van der Waals surface area contributed by atoms with Crippen molar-refractivity contribution in [3.8, 4) is 5.75 Å². The highest BCUT2D eigenvalue weighted by molar-refractivity contribution is 6.35. The number of benzene rings is 2. The Morgan fingerprint density at radius 3 is 2.59 bits per heavy atom. The van der Waals surface area contributed by atoms with Crippen molar-refractivity contribution in [2.24, 2.45) is 0 Å². The Labute approximate surface area is 175 Å². The molecule has 0 bridgehead atoms. The monoisotopic (exact) mass is 420 g/mol. The summed E-state index contributed by atoms with van der Waals surface area (Å²) in [4.78, 5) is 27.4. The fraction of sp³-hybridized carbons (Fsp3) is 0.429. The standard InChI is InChI=1S/C21H26ClN3O4/c1-28-13-8-23-20(26)14-24-9-11-25(12-10-24)21(27)15-29-19-7-6-18(22)16-4-2-3-5-17(16)19/h2-7H,8-15H2,1H3,(H,23,26)/p+1. The second-order valence-electron chi connectivity index (χ2n) is 7.03. The van der Waals surface area contributed by atoms with Crippen LogP contribution in [-0.4, -0.2) is 76.3 Å². The van der Waals surface area contributed by atoms with Crippen LogP contribution in [0.2, 0.25) is 5.02 Å². The number of carbonyl (C=O) groups excluding carboxylic acids is 2. The summed E-state index contributed by atoms with van der Waals surface area (Å²) in [6, 6.07) is 11.3. The van der Waals surface area contributed by atoms with E-state index in [2.05, 4.69) is 5.32 Å². The van der Waals surface area contributed by atoms with Crippen LogP contribution in [0, 0.1) is 0 Å². The van der Waals surface area contributed by atoms with Gasteiger partial charge in [-0.3, -0.25) is 9.59 Å². The molecule has 156 valence electrons. The molecule has 0 spiro atoms. The normalized spacial score (nSPS) is 14.8. The Bertz CT molecular complexity index is 853. The van der Waals surface area contributed by atoms with Crippen molar-refractivity contribution in [2.45, 2.75) is 0 Å². The van der Waals surface area contributed by atoms with Crippen molar-refractivity contribution in [3.05, 3.63) is 41.4 Å². The molecule has 1 aliphatic heterocycles. The summed E-state index contributed by atoms with van der Waals surface area (Å²) in [5.74, 6) is 0.609. The molecule has 2 aromatic rings. The molecule has 0 atom stereocenters. The minimum absolute atomic E-state index is 0.00905. The van der Waals surface area contributed by atoms with Gasteiger partial charge in [0.25, 0.3) is 11.8 Å². The van der Waals surface area contributed by atoms with Crippen molar-refractivity contribution >= 4 is 34.2 Å². The molecule has 2 N–H and O–H groups in total. The average molecular weight is 421 g/mol. The number of amides is 2. The Morgan fingerprint density at radius 2 is 1.86 bits per heavy atom. The molecule has 1 heterocycles. The van der Waals surface area contributed by atoms with Crippen LogP contribution in [0.25, 0.3) is 10.8 Å². The minimum Gasteiger partial charge on any atom is -0.483 e. The number of hydrogen-bond acceptors (Lipinski definition) is 4. The van der Waals surface area contributed by atoms with Gasteiger partial charge in [-0.1, -0.05) is 35.9 Å². The largest absolute Gasteiger partial charge is 0.483 e. The van der Waals surface area contributed by atoms with Gasteiger partial charge in [-0.05, 0) is 12.1 Å².